The van der Waals surface area contributed by atoms with Crippen molar-refractivity contribution in [2.75, 3.05) is 24.3 Å². The minimum atomic E-state index is -0.191. The van der Waals surface area contributed by atoms with Gasteiger partial charge in [0.15, 0.2) is 0 Å². The number of hydrogen-bond acceptors (Lipinski definition) is 6. The third-order valence-electron chi connectivity index (χ3n) is 5.85. The smallest absolute Gasteiger partial charge is 0.327 e. The van der Waals surface area contributed by atoms with Gasteiger partial charge in [-0.2, -0.15) is 4.98 Å². The van der Waals surface area contributed by atoms with Crippen LogP contribution in [0.3, 0.4) is 0 Å². The number of carbonyl (C=O) groups is 1. The van der Waals surface area contributed by atoms with Crippen molar-refractivity contribution in [3.8, 4) is 0 Å². The van der Waals surface area contributed by atoms with Crippen LogP contribution in [0.15, 0.2) is 48.5 Å². The van der Waals surface area contributed by atoms with E-state index in [-0.39, 0.29) is 18.1 Å². The molecule has 1 fully saturated rings. The molecule has 1 heterocycles. The van der Waals surface area contributed by atoms with Crippen LogP contribution in [0.4, 0.5) is 16.6 Å². The number of rotatable bonds is 6. The molecule has 3 aromatic rings. The molecule has 33 heavy (non-hydrogen) atoms. The van der Waals surface area contributed by atoms with E-state index in [1.165, 1.54) is 4.31 Å². The summed E-state index contributed by atoms with van der Waals surface area (Å²) in [6.07, 6.45) is 3.63. The fraction of sp³-hybridized carbons (Fsp3) is 0.375. The molecule has 1 saturated carbocycles. The molecule has 0 unspecified atom stereocenters. The summed E-state index contributed by atoms with van der Waals surface area (Å²) in [5.41, 5.74) is 1.86. The van der Waals surface area contributed by atoms with Crippen molar-refractivity contribution in [3.63, 3.8) is 0 Å². The first kappa shape index (κ1) is 23.4. The molecule has 0 spiro atoms. The van der Waals surface area contributed by atoms with E-state index in [1.807, 2.05) is 67.5 Å². The van der Waals surface area contributed by atoms with Crippen LogP contribution in [-0.2, 0) is 6.54 Å². The lowest BCUT2D eigenvalue weighted by atomic mass is 9.91. The highest BCUT2D eigenvalue weighted by molar-refractivity contribution is 7.78. The summed E-state index contributed by atoms with van der Waals surface area (Å²) in [4.78, 5) is 24.0. The van der Waals surface area contributed by atoms with Gasteiger partial charge in [0.1, 0.15) is 5.82 Å². The molecule has 0 radical (unpaired) electrons. The van der Waals surface area contributed by atoms with Crippen LogP contribution >= 0.6 is 24.4 Å². The Balaban J connectivity index is 1.30. The molecule has 4 rings (SSSR count). The van der Waals surface area contributed by atoms with E-state index in [2.05, 4.69) is 23.4 Å². The molecule has 2 N–H and O–H groups in total. The fourth-order valence-corrected chi connectivity index (χ4v) is 4.59. The summed E-state index contributed by atoms with van der Waals surface area (Å²) < 4.78 is 1.39. The van der Waals surface area contributed by atoms with E-state index in [0.717, 1.165) is 48.0 Å². The largest absolute Gasteiger partial charge is 0.362 e. The second-order valence-electron chi connectivity index (χ2n) is 8.61. The van der Waals surface area contributed by atoms with Crippen molar-refractivity contribution >= 4 is 53.1 Å². The number of halogens is 1. The van der Waals surface area contributed by atoms with Crippen molar-refractivity contribution in [2.24, 2.45) is 0 Å². The van der Waals surface area contributed by atoms with Gasteiger partial charge in [-0.15, -0.1) is 0 Å². The lowest BCUT2D eigenvalue weighted by Gasteiger charge is -2.31. The van der Waals surface area contributed by atoms with Gasteiger partial charge in [-0.3, -0.25) is 4.31 Å². The zero-order chi connectivity index (χ0) is 23.4. The number of nitrogens with one attached hydrogen (secondary N) is 2. The zero-order valence-corrected chi connectivity index (χ0v) is 20.5. The van der Waals surface area contributed by atoms with Crippen LogP contribution in [0.1, 0.15) is 31.2 Å². The molecule has 1 aliphatic carbocycles. The number of para-hydroxylation sites is 1. The van der Waals surface area contributed by atoms with Crippen LogP contribution in [0.2, 0.25) is 5.02 Å². The summed E-state index contributed by atoms with van der Waals surface area (Å²) in [6, 6.07) is 15.7. The van der Waals surface area contributed by atoms with E-state index < -0.39 is 0 Å². The number of amides is 2. The van der Waals surface area contributed by atoms with E-state index in [1.54, 1.807) is 0 Å². The Morgan fingerprint density at radius 3 is 2.52 bits per heavy atom. The third kappa shape index (κ3) is 6.00. The molecule has 0 saturated heterocycles. The number of nitrogens with zero attached hydrogens (tertiary/aromatic N) is 4. The van der Waals surface area contributed by atoms with Crippen molar-refractivity contribution in [1.82, 2.24) is 19.6 Å². The topological polar surface area (TPSA) is 73.4 Å². The summed E-state index contributed by atoms with van der Waals surface area (Å²) in [5.74, 6) is 1.55. The first-order valence-corrected chi connectivity index (χ1v) is 11.9. The second kappa shape index (κ2) is 10.5. The number of benzene rings is 2. The maximum Gasteiger partial charge on any atom is 0.327 e. The summed E-state index contributed by atoms with van der Waals surface area (Å²) in [6.45, 7) is 0.389. The predicted molar refractivity (Wildman–Crippen MR) is 138 cm³/mol. The van der Waals surface area contributed by atoms with Crippen LogP contribution in [-0.4, -0.2) is 46.5 Å². The summed E-state index contributed by atoms with van der Waals surface area (Å²) in [7, 11) is 3.98. The molecule has 1 aromatic heterocycles. The van der Waals surface area contributed by atoms with Gasteiger partial charge in [0, 0.05) is 36.6 Å². The molecular formula is C24H29ClN6OS. The Morgan fingerprint density at radius 1 is 1.06 bits per heavy atom. The number of thiol groups is 1. The van der Waals surface area contributed by atoms with Gasteiger partial charge < -0.3 is 15.5 Å². The fourth-order valence-electron chi connectivity index (χ4n) is 4.16. The molecule has 174 valence electrons. The third-order valence-corrected chi connectivity index (χ3v) is 6.41. The van der Waals surface area contributed by atoms with Crippen molar-refractivity contribution in [3.05, 3.63) is 59.1 Å². The Morgan fingerprint density at radius 2 is 1.79 bits per heavy atom. The first-order valence-electron chi connectivity index (χ1n) is 11.1. The van der Waals surface area contributed by atoms with E-state index in [0.29, 0.717) is 17.5 Å². The number of urea groups is 1. The quantitative estimate of drug-likeness (QED) is 0.423. The Kier molecular flexibility index (Phi) is 7.45. The maximum atomic E-state index is 12.6. The van der Waals surface area contributed by atoms with Crippen LogP contribution in [0.25, 0.3) is 10.9 Å². The molecule has 0 atom stereocenters. The minimum Gasteiger partial charge on any atom is -0.362 e. The number of hydrogen-bond donors (Lipinski definition) is 3. The van der Waals surface area contributed by atoms with Gasteiger partial charge in [-0.25, -0.2) is 9.78 Å². The molecule has 0 aliphatic heterocycles. The summed E-state index contributed by atoms with van der Waals surface area (Å²) >= 11 is 10.4. The van der Waals surface area contributed by atoms with Crippen LogP contribution < -0.4 is 15.5 Å². The number of carbonyl (C=O) groups excluding carboxylic acids is 1. The van der Waals surface area contributed by atoms with E-state index in [4.69, 9.17) is 21.6 Å². The van der Waals surface area contributed by atoms with Gasteiger partial charge in [0.25, 0.3) is 0 Å². The lowest BCUT2D eigenvalue weighted by molar-refractivity contribution is 0.216. The van der Waals surface area contributed by atoms with Gasteiger partial charge in [0.05, 0.1) is 12.1 Å². The molecular weight excluding hydrogens is 456 g/mol. The highest BCUT2D eigenvalue weighted by Crippen LogP contribution is 2.26. The van der Waals surface area contributed by atoms with Gasteiger partial charge in [-0.1, -0.05) is 48.7 Å². The SMILES string of the molecule is CN(C)c1nc(NC2CCC(NC(=O)N(S)Cc3cccc(Cl)c3)CC2)nc2ccccc12. The number of anilines is 2. The lowest BCUT2D eigenvalue weighted by Crippen LogP contribution is -2.44. The highest BCUT2D eigenvalue weighted by atomic mass is 35.5. The zero-order valence-electron chi connectivity index (χ0n) is 18.8. The molecule has 1 aliphatic rings. The van der Waals surface area contributed by atoms with E-state index in [9.17, 15) is 4.79 Å². The average molecular weight is 485 g/mol. The average Bonchev–Trinajstić information content (AvgIpc) is 2.79. The highest BCUT2D eigenvalue weighted by Gasteiger charge is 2.24. The van der Waals surface area contributed by atoms with Gasteiger partial charge >= 0.3 is 6.03 Å². The van der Waals surface area contributed by atoms with E-state index >= 15 is 0 Å². The van der Waals surface area contributed by atoms with Crippen molar-refractivity contribution in [2.45, 2.75) is 44.3 Å². The van der Waals surface area contributed by atoms with Crippen molar-refractivity contribution in [1.29, 1.82) is 0 Å². The monoisotopic (exact) mass is 484 g/mol. The maximum absolute atomic E-state index is 12.6. The van der Waals surface area contributed by atoms with Crippen molar-refractivity contribution < 1.29 is 4.79 Å². The standard InChI is InChI=1S/C24H29ClN6OS/c1-30(2)22-20-8-3-4-9-21(20)28-23(29-22)26-18-10-12-19(13-11-18)27-24(32)31(33)15-16-6-5-7-17(25)14-16/h3-9,14,18-19,33H,10-13,15H2,1-2H3,(H,27,32)(H,26,28,29). The van der Waals surface area contributed by atoms with Gasteiger partial charge in [0.2, 0.25) is 5.95 Å². The van der Waals surface area contributed by atoms with Crippen LogP contribution in [0.5, 0.6) is 0 Å². The summed E-state index contributed by atoms with van der Waals surface area (Å²) in [5, 5.41) is 8.28. The normalized spacial score (nSPS) is 18.1. The predicted octanol–water partition coefficient (Wildman–Crippen LogP) is 5.13. The first-order chi connectivity index (χ1) is 15.9. The molecule has 9 heteroatoms. The van der Waals surface area contributed by atoms with Crippen LogP contribution in [0, 0.1) is 0 Å². The molecule has 2 aromatic carbocycles. The Hall–Kier alpha value is -2.71. The minimum absolute atomic E-state index is 0.124. The number of fused-ring (bicyclic) bond motifs is 1. The molecule has 0 bridgehead atoms. The Bertz CT molecular complexity index is 1120. The number of aromatic nitrogens is 2. The molecule has 2 amide bonds. The van der Waals surface area contributed by atoms with Gasteiger partial charge in [-0.05, 0) is 55.5 Å². The second-order valence-corrected chi connectivity index (χ2v) is 9.53. The Labute approximate surface area is 205 Å². The molecule has 7 nitrogen and oxygen atoms in total.